The van der Waals surface area contributed by atoms with Crippen LogP contribution >= 0.6 is 23.5 Å². The molecule has 438 valence electrons. The predicted octanol–water partition coefficient (Wildman–Crippen LogP) is 14.9. The van der Waals surface area contributed by atoms with Crippen LogP contribution in [-0.2, 0) is 55.1 Å². The lowest BCUT2D eigenvalue weighted by Gasteiger charge is -2.25. The van der Waals surface area contributed by atoms with Gasteiger partial charge in [-0.05, 0) is 89.5 Å². The van der Waals surface area contributed by atoms with Crippen LogP contribution < -0.4 is 15.4 Å². The molecule has 12 nitrogen and oxygen atoms in total. The summed E-state index contributed by atoms with van der Waals surface area (Å²) in [5, 5.41) is 4.88. The number of para-hydroxylation sites is 1. The van der Waals surface area contributed by atoms with Crippen LogP contribution in [0.1, 0.15) is 38.9 Å². The number of nitrogens with zero attached hydrogens (tertiary/aromatic N) is 2. The van der Waals surface area contributed by atoms with E-state index in [0.717, 1.165) is 54.1 Å². The summed E-state index contributed by atoms with van der Waals surface area (Å²) in [5.74, 6) is -1.01. The van der Waals surface area contributed by atoms with Crippen molar-refractivity contribution in [3.8, 4) is 5.75 Å². The minimum absolute atomic E-state index is 0.0187. The highest BCUT2D eigenvalue weighted by molar-refractivity contribution is 7.99. The molecule has 2 aliphatic rings. The van der Waals surface area contributed by atoms with Gasteiger partial charge in [0.15, 0.2) is 0 Å². The standard InChI is InChI=1S/C29H24F6N2O4S.C28H22F6N2O4S/c30-28(31,32)25-20(10-12-24(38)37-13-15-40-16-14-37)9-11-23(26(25)29(33,34)35)42-22-8-4-7-21(17-22)36-27(39)41-18-19-5-2-1-3-6-19;29-27(30,31)24-18(10-12-23(37)36-13-15-39-16-14-36)9-11-22(25(24)28(32,33)34)41-21-8-4-5-19(17-21)35-26(38)40-20-6-2-1-3-7-20/h1-12,17H,13-16,18H2,(H,36,39);1-12,17H,13-16H2,(H,35,38)/b2*12-10+. The molecule has 2 aliphatic heterocycles. The maximum Gasteiger partial charge on any atom is 0.418 e. The topological polar surface area (TPSA) is 136 Å². The van der Waals surface area contributed by atoms with Gasteiger partial charge in [0.2, 0.25) is 11.8 Å². The van der Waals surface area contributed by atoms with Crippen LogP contribution in [0, 0.1) is 0 Å². The highest BCUT2D eigenvalue weighted by atomic mass is 32.2. The number of nitrogens with one attached hydrogen (secondary N) is 2. The molecule has 4 amide bonds. The number of benzene rings is 6. The van der Waals surface area contributed by atoms with Gasteiger partial charge in [0.25, 0.3) is 0 Å². The maximum absolute atomic E-state index is 14.2. The van der Waals surface area contributed by atoms with Gasteiger partial charge in [-0.3, -0.25) is 20.2 Å². The van der Waals surface area contributed by atoms with Gasteiger partial charge in [0, 0.05) is 69.3 Å². The van der Waals surface area contributed by atoms with Crippen LogP contribution in [0.5, 0.6) is 5.75 Å². The van der Waals surface area contributed by atoms with E-state index < -0.39 is 91.9 Å². The summed E-state index contributed by atoms with van der Waals surface area (Å²) in [5.41, 5.74) is -8.08. The molecule has 0 spiro atoms. The molecule has 8 rings (SSSR count). The molecule has 0 atom stereocenters. The molecule has 0 bridgehead atoms. The molecule has 6 aromatic rings. The quantitative estimate of drug-likeness (QED) is 0.0850. The molecule has 6 aromatic carbocycles. The summed E-state index contributed by atoms with van der Waals surface area (Å²) < 4.78 is 190. The molecule has 2 heterocycles. The smallest absolute Gasteiger partial charge is 0.418 e. The Morgan fingerprint density at radius 1 is 0.482 bits per heavy atom. The lowest BCUT2D eigenvalue weighted by atomic mass is 9.99. The summed E-state index contributed by atoms with van der Waals surface area (Å²) in [6.45, 7) is 1.87. The van der Waals surface area contributed by atoms with Gasteiger partial charge in [0.1, 0.15) is 12.4 Å². The van der Waals surface area contributed by atoms with E-state index >= 15 is 0 Å². The maximum atomic E-state index is 14.2. The Labute approximate surface area is 474 Å². The Hall–Kier alpha value is -7.94. The van der Waals surface area contributed by atoms with Gasteiger partial charge in [-0.25, -0.2) is 9.59 Å². The number of carbonyl (C=O) groups excluding carboxylic acids is 4. The first-order valence-electron chi connectivity index (χ1n) is 24.6. The summed E-state index contributed by atoms with van der Waals surface area (Å²) in [6.07, 6.45) is -20.0. The van der Waals surface area contributed by atoms with Crippen molar-refractivity contribution in [1.82, 2.24) is 9.80 Å². The fraction of sp³-hybridized carbons (Fsp3) is 0.228. The van der Waals surface area contributed by atoms with Crippen molar-refractivity contribution in [3.05, 3.63) is 185 Å². The lowest BCUT2D eigenvalue weighted by Crippen LogP contribution is -2.39. The molecule has 0 aliphatic carbocycles. The number of ether oxygens (including phenoxy) is 4. The SMILES string of the molecule is O=C(Nc1cccc(Sc2ccc(/C=C/C(=O)N3CCOCC3)c(C(F)(F)F)c2C(F)(F)F)c1)OCc1ccccc1.O=C(Nc1cccc(Sc2ccc(/C=C/C(=O)N3CCOCC3)c(C(F)(F)F)c2C(F)(F)F)c1)Oc1ccccc1. The van der Waals surface area contributed by atoms with Crippen LogP contribution in [0.25, 0.3) is 12.2 Å². The zero-order chi connectivity index (χ0) is 60.0. The van der Waals surface area contributed by atoms with Crippen molar-refractivity contribution < 1.29 is 90.8 Å². The number of halogens is 12. The van der Waals surface area contributed by atoms with Gasteiger partial charge in [-0.2, -0.15) is 52.7 Å². The molecule has 0 aromatic heterocycles. The molecular weight excluding hydrogens is 1160 g/mol. The third-order valence-electron chi connectivity index (χ3n) is 11.8. The normalized spacial score (nSPS) is 14.2. The Morgan fingerprint density at radius 2 is 0.880 bits per heavy atom. The minimum Gasteiger partial charge on any atom is -0.444 e. The van der Waals surface area contributed by atoms with Crippen molar-refractivity contribution in [3.63, 3.8) is 0 Å². The van der Waals surface area contributed by atoms with Gasteiger partial charge in [0.05, 0.1) is 48.7 Å². The highest BCUT2D eigenvalue weighted by Gasteiger charge is 2.48. The molecule has 2 N–H and O–H groups in total. The predicted molar refractivity (Wildman–Crippen MR) is 283 cm³/mol. The van der Waals surface area contributed by atoms with Crippen molar-refractivity contribution in [2.24, 2.45) is 0 Å². The first-order chi connectivity index (χ1) is 39.3. The second kappa shape index (κ2) is 27.9. The van der Waals surface area contributed by atoms with Crippen molar-refractivity contribution in [2.75, 3.05) is 63.2 Å². The van der Waals surface area contributed by atoms with E-state index in [0.29, 0.717) is 23.5 Å². The van der Waals surface area contributed by atoms with Crippen LogP contribution in [0.3, 0.4) is 0 Å². The van der Waals surface area contributed by atoms with Crippen molar-refractivity contribution in [2.45, 2.75) is 50.9 Å². The first kappa shape index (κ1) is 62.7. The third-order valence-corrected chi connectivity index (χ3v) is 13.9. The number of alkyl halides is 12. The average molecular weight is 1210 g/mol. The Kier molecular flexibility index (Phi) is 21.1. The van der Waals surface area contributed by atoms with Crippen molar-refractivity contribution in [1.29, 1.82) is 0 Å². The van der Waals surface area contributed by atoms with Gasteiger partial charge in [-0.1, -0.05) is 96.3 Å². The Bertz CT molecular complexity index is 3290. The van der Waals surface area contributed by atoms with Crippen LogP contribution in [0.4, 0.5) is 73.6 Å². The van der Waals surface area contributed by atoms with Crippen LogP contribution in [0.15, 0.2) is 165 Å². The number of hydrogen-bond acceptors (Lipinski definition) is 10. The van der Waals surface area contributed by atoms with E-state index in [4.69, 9.17) is 18.9 Å². The summed E-state index contributed by atoms with van der Waals surface area (Å²) in [6, 6.07) is 31.7. The lowest BCUT2D eigenvalue weighted by molar-refractivity contribution is -0.163. The Morgan fingerprint density at radius 3 is 1.29 bits per heavy atom. The van der Waals surface area contributed by atoms with E-state index in [1.807, 2.05) is 0 Å². The molecule has 0 radical (unpaired) electrons. The van der Waals surface area contributed by atoms with E-state index in [9.17, 15) is 71.9 Å². The second-order valence-corrected chi connectivity index (χ2v) is 19.8. The van der Waals surface area contributed by atoms with Gasteiger partial charge < -0.3 is 28.7 Å². The number of rotatable bonds is 13. The number of anilines is 2. The monoisotopic (exact) mass is 1210 g/mol. The largest absolute Gasteiger partial charge is 0.444 e. The number of hydrogen-bond donors (Lipinski definition) is 2. The van der Waals surface area contributed by atoms with Gasteiger partial charge >= 0.3 is 36.9 Å². The molecule has 0 saturated carbocycles. The van der Waals surface area contributed by atoms with E-state index in [2.05, 4.69) is 10.6 Å². The van der Waals surface area contributed by atoms with E-state index in [1.54, 1.807) is 60.7 Å². The van der Waals surface area contributed by atoms with E-state index in [1.165, 1.54) is 58.3 Å². The number of amides is 4. The molecule has 0 unspecified atom stereocenters. The first-order valence-corrected chi connectivity index (χ1v) is 26.3. The molecule has 2 fully saturated rings. The zero-order valence-corrected chi connectivity index (χ0v) is 44.5. The van der Waals surface area contributed by atoms with Crippen LogP contribution in [0.2, 0.25) is 0 Å². The van der Waals surface area contributed by atoms with Gasteiger partial charge in [-0.15, -0.1) is 0 Å². The van der Waals surface area contributed by atoms with Crippen LogP contribution in [-0.4, -0.2) is 86.4 Å². The number of carbonyl (C=O) groups is 4. The number of morpholine rings is 2. The zero-order valence-electron chi connectivity index (χ0n) is 42.9. The molecule has 2 saturated heterocycles. The second-order valence-electron chi connectivity index (χ2n) is 17.6. The summed E-state index contributed by atoms with van der Waals surface area (Å²) >= 11 is 0.901. The average Bonchev–Trinajstić information content (AvgIpc) is 2.03. The summed E-state index contributed by atoms with van der Waals surface area (Å²) in [4.78, 5) is 50.7. The minimum atomic E-state index is -5.38. The Balaban J connectivity index is 0.000000239. The fourth-order valence-electron chi connectivity index (χ4n) is 8.07. The third kappa shape index (κ3) is 18.3. The molecule has 26 heteroatoms. The van der Waals surface area contributed by atoms with Crippen molar-refractivity contribution >= 4 is 71.1 Å². The molecule has 83 heavy (non-hydrogen) atoms. The molecular formula is C57H46F12N4O8S2. The summed E-state index contributed by atoms with van der Waals surface area (Å²) in [7, 11) is 0. The fourth-order valence-corrected chi connectivity index (χ4v) is 10.2. The highest BCUT2D eigenvalue weighted by Crippen LogP contribution is 2.50. The van der Waals surface area contributed by atoms with E-state index in [-0.39, 0.29) is 86.1 Å².